The second-order valence-corrected chi connectivity index (χ2v) is 5.65. The van der Waals surface area contributed by atoms with Gasteiger partial charge in [0.05, 0.1) is 0 Å². The van der Waals surface area contributed by atoms with E-state index in [1.165, 1.54) is 12.1 Å². The Morgan fingerprint density at radius 2 is 1.58 bits per heavy atom. The average molecular weight is 324 g/mol. The van der Waals surface area contributed by atoms with Crippen LogP contribution in [0.25, 0.3) is 5.82 Å². The smallest absolute Gasteiger partial charge is 0.143 e. The summed E-state index contributed by atoms with van der Waals surface area (Å²) in [6, 6.07) is 8.63. The van der Waals surface area contributed by atoms with Crippen LogP contribution in [0.15, 0.2) is 55.4 Å². The number of nitrogens with zero attached hydrogens (tertiary/aromatic N) is 6. The van der Waals surface area contributed by atoms with Gasteiger partial charge in [0, 0.05) is 50.3 Å². The highest BCUT2D eigenvalue weighted by molar-refractivity contribution is 5.50. The third-order valence-corrected chi connectivity index (χ3v) is 4.20. The summed E-state index contributed by atoms with van der Waals surface area (Å²) in [6.07, 6.45) is 6.89. The zero-order valence-corrected chi connectivity index (χ0v) is 13.1. The van der Waals surface area contributed by atoms with Crippen LogP contribution < -0.4 is 9.80 Å². The standard InChI is InChI=1S/C17H17FN6/c18-14-1-3-15(4-2-14)22-7-9-23(10-8-22)16-11-17(21-12-20-16)24-6-5-19-13-24/h1-6,11-13H,7-10H2. The van der Waals surface area contributed by atoms with Gasteiger partial charge in [0.2, 0.25) is 0 Å². The molecule has 3 heterocycles. The number of hydrogen-bond donors (Lipinski definition) is 0. The normalized spacial score (nSPS) is 14.9. The summed E-state index contributed by atoms with van der Waals surface area (Å²) in [6.45, 7) is 3.46. The zero-order chi connectivity index (χ0) is 16.4. The third-order valence-electron chi connectivity index (χ3n) is 4.20. The average Bonchev–Trinajstić information content (AvgIpc) is 3.17. The number of aromatic nitrogens is 4. The highest BCUT2D eigenvalue weighted by Crippen LogP contribution is 2.20. The molecule has 0 aliphatic carbocycles. The molecule has 1 fully saturated rings. The first-order valence-electron chi connectivity index (χ1n) is 7.85. The highest BCUT2D eigenvalue weighted by Gasteiger charge is 2.19. The lowest BCUT2D eigenvalue weighted by molar-refractivity contribution is 0.624. The van der Waals surface area contributed by atoms with Crippen LogP contribution in [0, 0.1) is 5.82 Å². The van der Waals surface area contributed by atoms with Crippen LogP contribution in [0.4, 0.5) is 15.9 Å². The van der Waals surface area contributed by atoms with Gasteiger partial charge in [-0.3, -0.25) is 4.57 Å². The van der Waals surface area contributed by atoms with Crippen molar-refractivity contribution in [3.05, 3.63) is 61.2 Å². The largest absolute Gasteiger partial charge is 0.368 e. The second-order valence-electron chi connectivity index (χ2n) is 5.65. The topological polar surface area (TPSA) is 50.1 Å². The fraction of sp³-hybridized carbons (Fsp3) is 0.235. The van der Waals surface area contributed by atoms with Crippen molar-refractivity contribution in [2.24, 2.45) is 0 Å². The molecule has 1 saturated heterocycles. The van der Waals surface area contributed by atoms with E-state index in [0.717, 1.165) is 43.5 Å². The zero-order valence-electron chi connectivity index (χ0n) is 13.1. The van der Waals surface area contributed by atoms with E-state index in [-0.39, 0.29) is 5.82 Å². The summed E-state index contributed by atoms with van der Waals surface area (Å²) in [4.78, 5) is 17.2. The van der Waals surface area contributed by atoms with E-state index in [1.54, 1.807) is 18.9 Å². The Labute approximate surface area is 139 Å². The van der Waals surface area contributed by atoms with Crippen molar-refractivity contribution < 1.29 is 4.39 Å². The molecule has 2 aromatic heterocycles. The lowest BCUT2D eigenvalue weighted by atomic mass is 10.2. The van der Waals surface area contributed by atoms with Crippen LogP contribution in [-0.2, 0) is 0 Å². The summed E-state index contributed by atoms with van der Waals surface area (Å²) < 4.78 is 14.9. The molecule has 0 amide bonds. The summed E-state index contributed by atoms with van der Waals surface area (Å²) >= 11 is 0. The van der Waals surface area contributed by atoms with Gasteiger partial charge in [-0.1, -0.05) is 0 Å². The van der Waals surface area contributed by atoms with Gasteiger partial charge in [-0.05, 0) is 24.3 Å². The van der Waals surface area contributed by atoms with Crippen molar-refractivity contribution in [2.75, 3.05) is 36.0 Å². The predicted octanol–water partition coefficient (Wildman–Crippen LogP) is 2.13. The van der Waals surface area contributed by atoms with Gasteiger partial charge < -0.3 is 9.80 Å². The monoisotopic (exact) mass is 324 g/mol. The maximum Gasteiger partial charge on any atom is 0.143 e. The Bertz CT molecular complexity index is 794. The molecule has 0 unspecified atom stereocenters. The molecule has 6 nitrogen and oxygen atoms in total. The van der Waals surface area contributed by atoms with Crippen molar-refractivity contribution in [2.45, 2.75) is 0 Å². The molecule has 0 saturated carbocycles. The van der Waals surface area contributed by atoms with Crippen molar-refractivity contribution in [3.63, 3.8) is 0 Å². The van der Waals surface area contributed by atoms with Crippen LogP contribution in [-0.4, -0.2) is 45.7 Å². The lowest BCUT2D eigenvalue weighted by Crippen LogP contribution is -2.46. The number of hydrogen-bond acceptors (Lipinski definition) is 5. The summed E-state index contributed by atoms with van der Waals surface area (Å²) in [5.74, 6) is 1.51. The molecule has 0 N–H and O–H groups in total. The first-order valence-corrected chi connectivity index (χ1v) is 7.85. The van der Waals surface area contributed by atoms with E-state index in [0.29, 0.717) is 0 Å². The third kappa shape index (κ3) is 2.92. The maximum absolute atomic E-state index is 13.0. The number of piperazine rings is 1. The second kappa shape index (κ2) is 6.27. The Hall–Kier alpha value is -2.96. The van der Waals surface area contributed by atoms with E-state index in [9.17, 15) is 4.39 Å². The van der Waals surface area contributed by atoms with Crippen LogP contribution in [0.3, 0.4) is 0 Å². The molecule has 0 spiro atoms. The van der Waals surface area contributed by atoms with Crippen LogP contribution >= 0.6 is 0 Å². The van der Waals surface area contributed by atoms with Crippen LogP contribution in [0.1, 0.15) is 0 Å². The molecular weight excluding hydrogens is 307 g/mol. The summed E-state index contributed by atoms with van der Waals surface area (Å²) in [5.41, 5.74) is 1.05. The number of halogens is 1. The molecule has 0 atom stereocenters. The fourth-order valence-corrected chi connectivity index (χ4v) is 2.89. The van der Waals surface area contributed by atoms with Gasteiger partial charge in [-0.2, -0.15) is 0 Å². The van der Waals surface area contributed by atoms with Gasteiger partial charge >= 0.3 is 0 Å². The maximum atomic E-state index is 13.0. The number of imidazole rings is 1. The Morgan fingerprint density at radius 3 is 2.29 bits per heavy atom. The molecule has 4 rings (SSSR count). The SMILES string of the molecule is Fc1ccc(N2CCN(c3cc(-n4ccnc4)ncn3)CC2)cc1. The summed E-state index contributed by atoms with van der Waals surface area (Å²) in [7, 11) is 0. The fourth-order valence-electron chi connectivity index (χ4n) is 2.89. The van der Waals surface area contributed by atoms with Crippen molar-refractivity contribution >= 4 is 11.5 Å². The number of anilines is 2. The molecule has 1 aliphatic heterocycles. The molecule has 0 bridgehead atoms. The molecule has 122 valence electrons. The van der Waals surface area contributed by atoms with Crippen LogP contribution in [0.2, 0.25) is 0 Å². The van der Waals surface area contributed by atoms with Crippen molar-refractivity contribution in [1.29, 1.82) is 0 Å². The number of rotatable bonds is 3. The van der Waals surface area contributed by atoms with E-state index >= 15 is 0 Å². The van der Waals surface area contributed by atoms with Gasteiger partial charge in [0.15, 0.2) is 0 Å². The molecule has 3 aromatic rings. The minimum absolute atomic E-state index is 0.203. The summed E-state index contributed by atoms with van der Waals surface area (Å²) in [5, 5.41) is 0. The van der Waals surface area contributed by atoms with E-state index in [1.807, 2.05) is 29.0 Å². The van der Waals surface area contributed by atoms with Crippen LogP contribution in [0.5, 0.6) is 0 Å². The van der Waals surface area contributed by atoms with Gasteiger partial charge in [-0.15, -0.1) is 0 Å². The van der Waals surface area contributed by atoms with E-state index in [4.69, 9.17) is 0 Å². The van der Waals surface area contributed by atoms with Crippen molar-refractivity contribution in [1.82, 2.24) is 19.5 Å². The van der Waals surface area contributed by atoms with E-state index in [2.05, 4.69) is 24.8 Å². The van der Waals surface area contributed by atoms with Crippen molar-refractivity contribution in [3.8, 4) is 5.82 Å². The first-order chi connectivity index (χ1) is 11.8. The minimum Gasteiger partial charge on any atom is -0.368 e. The Morgan fingerprint density at radius 1 is 0.875 bits per heavy atom. The Kier molecular flexibility index (Phi) is 3.82. The van der Waals surface area contributed by atoms with Gasteiger partial charge in [0.25, 0.3) is 0 Å². The predicted molar refractivity (Wildman–Crippen MR) is 90.0 cm³/mol. The first kappa shape index (κ1) is 14.6. The highest BCUT2D eigenvalue weighted by atomic mass is 19.1. The molecule has 24 heavy (non-hydrogen) atoms. The number of benzene rings is 1. The van der Waals surface area contributed by atoms with Gasteiger partial charge in [0.1, 0.15) is 30.1 Å². The molecular formula is C17H17FN6. The minimum atomic E-state index is -0.203. The molecule has 7 heteroatoms. The quantitative estimate of drug-likeness (QED) is 0.739. The van der Waals surface area contributed by atoms with Gasteiger partial charge in [-0.25, -0.2) is 19.3 Å². The molecule has 1 aliphatic rings. The molecule has 0 radical (unpaired) electrons. The molecule has 1 aromatic carbocycles. The van der Waals surface area contributed by atoms with E-state index < -0.39 is 0 Å². The Balaban J connectivity index is 1.46. The lowest BCUT2D eigenvalue weighted by Gasteiger charge is -2.36.